The zero-order valence-electron chi connectivity index (χ0n) is 20.6. The number of carbonyl (C=O) groups is 1. The van der Waals surface area contributed by atoms with E-state index in [1.165, 1.54) is 0 Å². The number of esters is 1. The second-order valence-corrected chi connectivity index (χ2v) is 9.17. The lowest BCUT2D eigenvalue weighted by molar-refractivity contribution is 0.0376. The van der Waals surface area contributed by atoms with Crippen LogP contribution in [0.5, 0.6) is 0 Å². The molecular formula is C26H35N5O2. The fraction of sp³-hybridized carbons (Fsp3) is 0.500. The van der Waals surface area contributed by atoms with Crippen molar-refractivity contribution in [3.05, 3.63) is 53.4 Å². The quantitative estimate of drug-likeness (QED) is 0.524. The van der Waals surface area contributed by atoms with Gasteiger partial charge in [0.15, 0.2) is 0 Å². The van der Waals surface area contributed by atoms with Crippen molar-refractivity contribution in [2.75, 3.05) is 32.7 Å². The van der Waals surface area contributed by atoms with Gasteiger partial charge in [-0.15, -0.1) is 0 Å². The highest BCUT2D eigenvalue weighted by molar-refractivity contribution is 5.95. The van der Waals surface area contributed by atoms with E-state index < -0.39 is 0 Å². The molecule has 3 aromatic heterocycles. The largest absolute Gasteiger partial charge is 0.459 e. The highest BCUT2D eigenvalue weighted by Gasteiger charge is 2.27. The molecule has 0 amide bonds. The van der Waals surface area contributed by atoms with Gasteiger partial charge < -0.3 is 14.0 Å². The van der Waals surface area contributed by atoms with Gasteiger partial charge in [0, 0.05) is 67.6 Å². The summed E-state index contributed by atoms with van der Waals surface area (Å²) in [6, 6.07) is 4.21. The third-order valence-corrected chi connectivity index (χ3v) is 6.71. The van der Waals surface area contributed by atoms with Crippen LogP contribution in [0.3, 0.4) is 0 Å². The lowest BCUT2D eigenvalue weighted by Crippen LogP contribution is -2.47. The number of piperazine rings is 1. The molecule has 33 heavy (non-hydrogen) atoms. The zero-order valence-corrected chi connectivity index (χ0v) is 20.6. The molecule has 0 N–H and O–H groups in total. The molecule has 1 aliphatic heterocycles. The maximum atomic E-state index is 13.1. The average molecular weight is 450 g/mol. The fourth-order valence-corrected chi connectivity index (χ4v) is 4.79. The Balaban J connectivity index is 1.84. The van der Waals surface area contributed by atoms with Crippen molar-refractivity contribution in [2.24, 2.45) is 0 Å². The molecule has 1 saturated heterocycles. The number of likely N-dealkylation sites (N-methyl/N-ethyl adjacent to an activating group) is 1. The molecule has 7 nitrogen and oxygen atoms in total. The van der Waals surface area contributed by atoms with E-state index in [1.807, 2.05) is 46.2 Å². The summed E-state index contributed by atoms with van der Waals surface area (Å²) in [5, 5.41) is 0. The Labute approximate surface area is 196 Å². The first-order chi connectivity index (χ1) is 15.8. The van der Waals surface area contributed by atoms with E-state index in [0.717, 1.165) is 66.4 Å². The van der Waals surface area contributed by atoms with E-state index >= 15 is 0 Å². The zero-order chi connectivity index (χ0) is 23.7. The van der Waals surface area contributed by atoms with Gasteiger partial charge in [-0.25, -0.2) is 14.8 Å². The first-order valence-corrected chi connectivity index (χ1v) is 11.9. The number of carbonyl (C=O) groups excluding carboxylic acids is 1. The van der Waals surface area contributed by atoms with Gasteiger partial charge in [0.25, 0.3) is 0 Å². The maximum Gasteiger partial charge on any atom is 0.338 e. The van der Waals surface area contributed by atoms with Crippen molar-refractivity contribution in [1.82, 2.24) is 24.2 Å². The van der Waals surface area contributed by atoms with Gasteiger partial charge in [-0.1, -0.05) is 6.92 Å². The van der Waals surface area contributed by atoms with Crippen LogP contribution in [0.2, 0.25) is 0 Å². The summed E-state index contributed by atoms with van der Waals surface area (Å²) in [7, 11) is 0. The molecule has 1 aliphatic rings. The van der Waals surface area contributed by atoms with Crippen LogP contribution in [0.4, 0.5) is 0 Å². The van der Waals surface area contributed by atoms with Crippen molar-refractivity contribution < 1.29 is 9.53 Å². The molecule has 0 spiro atoms. The molecule has 0 aliphatic carbocycles. The van der Waals surface area contributed by atoms with Gasteiger partial charge in [0.1, 0.15) is 5.82 Å². The molecule has 1 fully saturated rings. The molecular weight excluding hydrogens is 414 g/mol. The highest BCUT2D eigenvalue weighted by atomic mass is 16.5. The van der Waals surface area contributed by atoms with Crippen LogP contribution in [0.25, 0.3) is 16.6 Å². The van der Waals surface area contributed by atoms with E-state index in [9.17, 15) is 4.79 Å². The number of aryl methyl sites for hydroxylation is 1. The minimum Gasteiger partial charge on any atom is -0.459 e. The summed E-state index contributed by atoms with van der Waals surface area (Å²) in [6.07, 6.45) is 5.62. The van der Waals surface area contributed by atoms with Gasteiger partial charge in [0.05, 0.1) is 17.2 Å². The number of pyridine rings is 1. The van der Waals surface area contributed by atoms with Crippen LogP contribution < -0.4 is 0 Å². The van der Waals surface area contributed by atoms with E-state index in [2.05, 4.69) is 50.3 Å². The van der Waals surface area contributed by atoms with E-state index in [-0.39, 0.29) is 18.1 Å². The normalized spacial score (nSPS) is 16.5. The van der Waals surface area contributed by atoms with Crippen molar-refractivity contribution >= 4 is 11.5 Å². The molecule has 0 saturated carbocycles. The lowest BCUT2D eigenvalue weighted by atomic mass is 9.99. The average Bonchev–Trinajstić information content (AvgIpc) is 3.21. The first kappa shape index (κ1) is 23.4. The Morgan fingerprint density at radius 3 is 2.36 bits per heavy atom. The van der Waals surface area contributed by atoms with E-state index in [1.54, 1.807) is 0 Å². The van der Waals surface area contributed by atoms with Gasteiger partial charge in [0.2, 0.25) is 0 Å². The molecule has 0 aromatic carbocycles. The molecule has 176 valence electrons. The summed E-state index contributed by atoms with van der Waals surface area (Å²) < 4.78 is 7.85. The molecule has 1 atom stereocenters. The predicted molar refractivity (Wildman–Crippen MR) is 131 cm³/mol. The van der Waals surface area contributed by atoms with Crippen molar-refractivity contribution in [1.29, 1.82) is 0 Å². The summed E-state index contributed by atoms with van der Waals surface area (Å²) in [6.45, 7) is 17.4. The molecule has 1 unspecified atom stereocenters. The summed E-state index contributed by atoms with van der Waals surface area (Å²) in [4.78, 5) is 26.8. The number of fused-ring (bicyclic) bond motifs is 1. The topological polar surface area (TPSA) is 63.0 Å². The van der Waals surface area contributed by atoms with Crippen molar-refractivity contribution in [3.63, 3.8) is 0 Å². The monoisotopic (exact) mass is 449 g/mol. The van der Waals surface area contributed by atoms with Crippen LogP contribution in [-0.2, 0) is 4.74 Å². The van der Waals surface area contributed by atoms with Gasteiger partial charge in [-0.2, -0.15) is 0 Å². The number of hydrogen-bond acceptors (Lipinski definition) is 6. The fourth-order valence-electron chi connectivity index (χ4n) is 4.79. The first-order valence-electron chi connectivity index (χ1n) is 11.9. The summed E-state index contributed by atoms with van der Waals surface area (Å²) in [5.41, 5.74) is 5.65. The standard InChI is InChI=1S/C26H35N5O2/c1-7-29-10-12-30(13-11-29)19(5)25-18(4)23(26(32)33-17(2)3)14-24-22(8-9-31(24)25)21-15-27-20(6)28-16-21/h8-9,14-17,19H,7,10-13H2,1-6H3. The second kappa shape index (κ2) is 9.61. The smallest absolute Gasteiger partial charge is 0.338 e. The van der Waals surface area contributed by atoms with Crippen LogP contribution >= 0.6 is 0 Å². The molecule has 3 aromatic rings. The molecule has 7 heteroatoms. The van der Waals surface area contributed by atoms with Crippen molar-refractivity contribution in [3.8, 4) is 11.1 Å². The molecule has 0 radical (unpaired) electrons. The number of rotatable bonds is 6. The molecule has 4 rings (SSSR count). The number of hydrogen-bond donors (Lipinski definition) is 0. The summed E-state index contributed by atoms with van der Waals surface area (Å²) >= 11 is 0. The Hall–Kier alpha value is -2.77. The molecule has 0 bridgehead atoms. The second-order valence-electron chi connectivity index (χ2n) is 9.17. The highest BCUT2D eigenvalue weighted by Crippen LogP contribution is 2.34. The molecule has 4 heterocycles. The van der Waals surface area contributed by atoms with E-state index in [4.69, 9.17) is 4.74 Å². The number of nitrogens with zero attached hydrogens (tertiary/aromatic N) is 5. The van der Waals surface area contributed by atoms with Gasteiger partial charge >= 0.3 is 5.97 Å². The third-order valence-electron chi connectivity index (χ3n) is 6.71. The van der Waals surface area contributed by atoms with Crippen LogP contribution in [0, 0.1) is 13.8 Å². The van der Waals surface area contributed by atoms with Crippen LogP contribution in [0.15, 0.2) is 30.7 Å². The lowest BCUT2D eigenvalue weighted by Gasteiger charge is -2.38. The van der Waals surface area contributed by atoms with Crippen LogP contribution in [-0.4, -0.2) is 69.0 Å². The van der Waals surface area contributed by atoms with Crippen molar-refractivity contribution in [2.45, 2.75) is 53.7 Å². The van der Waals surface area contributed by atoms with Crippen LogP contribution in [0.1, 0.15) is 61.2 Å². The number of ether oxygens (including phenoxy) is 1. The van der Waals surface area contributed by atoms with Gasteiger partial charge in [-0.3, -0.25) is 4.90 Å². The van der Waals surface area contributed by atoms with E-state index in [0.29, 0.717) is 5.56 Å². The van der Waals surface area contributed by atoms with Gasteiger partial charge in [-0.05, 0) is 58.9 Å². The Bertz CT molecular complexity index is 1130. The summed E-state index contributed by atoms with van der Waals surface area (Å²) in [5.74, 6) is 0.460. The predicted octanol–water partition coefficient (Wildman–Crippen LogP) is 4.28. The SMILES string of the molecule is CCN1CCN(C(C)c2c(C)c(C(=O)OC(C)C)cc3c(-c4cnc(C)nc4)ccn23)CC1. The third kappa shape index (κ3) is 4.66. The Morgan fingerprint density at radius 2 is 1.76 bits per heavy atom. The minimum atomic E-state index is -0.276. The Kier molecular flexibility index (Phi) is 6.81. The number of aromatic nitrogens is 3. The Morgan fingerprint density at radius 1 is 1.09 bits per heavy atom. The minimum absolute atomic E-state index is 0.160. The maximum absolute atomic E-state index is 13.1.